The van der Waals surface area contributed by atoms with Gasteiger partial charge in [0.1, 0.15) is 0 Å². The van der Waals surface area contributed by atoms with E-state index in [1.807, 2.05) is 6.07 Å². The Morgan fingerprint density at radius 1 is 1.19 bits per heavy atom. The Morgan fingerprint density at radius 3 is 2.48 bits per heavy atom. The Kier molecular flexibility index (Phi) is 3.14. The van der Waals surface area contributed by atoms with Gasteiger partial charge >= 0.3 is 0 Å². The first kappa shape index (κ1) is 13.6. The summed E-state index contributed by atoms with van der Waals surface area (Å²) in [4.78, 5) is 24.7. The van der Waals surface area contributed by atoms with Crippen molar-refractivity contribution in [2.24, 2.45) is 0 Å². The third-order valence-corrected chi connectivity index (χ3v) is 3.98. The quantitative estimate of drug-likeness (QED) is 0.631. The van der Waals surface area contributed by atoms with Crippen LogP contribution < -0.4 is 4.90 Å². The molecule has 0 aromatic heterocycles. The maximum atomic E-state index is 12.5. The van der Waals surface area contributed by atoms with Crippen molar-refractivity contribution in [3.8, 4) is 0 Å². The molecule has 0 saturated carbocycles. The van der Waals surface area contributed by atoms with E-state index in [0.717, 1.165) is 5.56 Å². The molecule has 0 fully saturated rings. The first-order chi connectivity index (χ1) is 10.0. The zero-order valence-electron chi connectivity index (χ0n) is 11.1. The highest BCUT2D eigenvalue weighted by Gasteiger charge is 2.42. The molecular weight excluding hydrogens is 292 g/mol. The topological polar surface area (TPSA) is 63.5 Å². The first-order valence-electron chi connectivity index (χ1n) is 6.31. The van der Waals surface area contributed by atoms with Crippen molar-refractivity contribution < 1.29 is 9.72 Å². The second-order valence-corrected chi connectivity index (χ2v) is 5.23. The van der Waals surface area contributed by atoms with Crippen LogP contribution >= 0.6 is 11.6 Å². The van der Waals surface area contributed by atoms with Gasteiger partial charge in [-0.1, -0.05) is 41.9 Å². The molecular formula is C15H11ClN2O3. The van der Waals surface area contributed by atoms with Crippen molar-refractivity contribution in [1.29, 1.82) is 0 Å². The van der Waals surface area contributed by atoms with Crippen molar-refractivity contribution in [1.82, 2.24) is 0 Å². The normalized spacial score (nSPS) is 17.0. The standard InChI is InChI=1S/C15H11ClN2O3/c1-17-14-10(16)7-8-11(18(20)21)13(14)12(15(17)19)9-5-3-2-4-6-9/h2-8,12H,1H3. The van der Waals surface area contributed by atoms with E-state index in [1.54, 1.807) is 31.3 Å². The summed E-state index contributed by atoms with van der Waals surface area (Å²) in [5.74, 6) is -0.905. The molecule has 6 heteroatoms. The molecule has 1 unspecified atom stereocenters. The van der Waals surface area contributed by atoms with E-state index in [9.17, 15) is 14.9 Å². The molecule has 0 saturated heterocycles. The lowest BCUT2D eigenvalue weighted by Crippen LogP contribution is -2.24. The number of anilines is 1. The summed E-state index contributed by atoms with van der Waals surface area (Å²) in [5, 5.41) is 11.6. The number of carbonyl (C=O) groups is 1. The zero-order valence-corrected chi connectivity index (χ0v) is 11.9. The summed E-state index contributed by atoms with van der Waals surface area (Å²) in [7, 11) is 1.58. The van der Waals surface area contributed by atoms with Crippen LogP contribution in [0.15, 0.2) is 42.5 Å². The van der Waals surface area contributed by atoms with E-state index < -0.39 is 10.8 Å². The number of halogens is 1. The summed E-state index contributed by atoms with van der Waals surface area (Å²) in [5.41, 5.74) is 1.43. The minimum absolute atomic E-state index is 0.0825. The van der Waals surface area contributed by atoms with Gasteiger partial charge in [0.25, 0.3) is 5.69 Å². The number of hydrogen-bond acceptors (Lipinski definition) is 3. The summed E-state index contributed by atoms with van der Waals surface area (Å²) < 4.78 is 0. The number of fused-ring (bicyclic) bond motifs is 1. The number of nitro benzene ring substituents is 1. The van der Waals surface area contributed by atoms with Gasteiger partial charge in [-0.05, 0) is 11.6 Å². The van der Waals surface area contributed by atoms with Crippen LogP contribution in [0.1, 0.15) is 17.0 Å². The molecule has 5 nitrogen and oxygen atoms in total. The molecule has 3 rings (SSSR count). The number of likely N-dealkylation sites (N-methyl/N-ethyl adjacent to an activating group) is 1. The predicted molar refractivity (Wildman–Crippen MR) is 79.8 cm³/mol. The van der Waals surface area contributed by atoms with Gasteiger partial charge in [0.2, 0.25) is 5.91 Å². The van der Waals surface area contributed by atoms with Gasteiger partial charge in [-0.15, -0.1) is 0 Å². The largest absolute Gasteiger partial charge is 0.313 e. The Bertz CT molecular complexity index is 746. The third kappa shape index (κ3) is 1.97. The van der Waals surface area contributed by atoms with Gasteiger partial charge in [-0.2, -0.15) is 0 Å². The number of nitrogens with zero attached hydrogens (tertiary/aromatic N) is 2. The fourth-order valence-electron chi connectivity index (χ4n) is 2.74. The molecule has 1 amide bonds. The summed E-state index contributed by atoms with van der Waals surface area (Å²) in [6.45, 7) is 0. The van der Waals surface area contributed by atoms with Crippen molar-refractivity contribution in [3.63, 3.8) is 0 Å². The highest BCUT2D eigenvalue weighted by Crippen LogP contribution is 2.48. The molecule has 21 heavy (non-hydrogen) atoms. The lowest BCUT2D eigenvalue weighted by atomic mass is 9.91. The molecule has 0 radical (unpaired) electrons. The second-order valence-electron chi connectivity index (χ2n) is 4.83. The number of carbonyl (C=O) groups excluding carboxylic acids is 1. The van der Waals surface area contributed by atoms with Crippen LogP contribution in [-0.2, 0) is 4.79 Å². The molecule has 0 spiro atoms. The monoisotopic (exact) mass is 302 g/mol. The molecule has 0 aliphatic carbocycles. The molecule has 2 aromatic carbocycles. The molecule has 2 aromatic rings. The van der Waals surface area contributed by atoms with Gasteiger partial charge in [-0.3, -0.25) is 14.9 Å². The summed E-state index contributed by atoms with van der Waals surface area (Å²) in [6, 6.07) is 11.8. The summed E-state index contributed by atoms with van der Waals surface area (Å²) in [6.07, 6.45) is 0. The Hall–Kier alpha value is -2.40. The maximum Gasteiger partial charge on any atom is 0.275 e. The second kappa shape index (κ2) is 4.86. The Balaban J connectivity index is 2.31. The van der Waals surface area contributed by atoms with Crippen molar-refractivity contribution >= 4 is 28.9 Å². The van der Waals surface area contributed by atoms with Crippen LogP contribution in [-0.4, -0.2) is 17.9 Å². The number of nitro groups is 1. The third-order valence-electron chi connectivity index (χ3n) is 3.68. The van der Waals surface area contributed by atoms with Crippen LogP contribution in [0.25, 0.3) is 0 Å². The lowest BCUT2D eigenvalue weighted by Gasteiger charge is -2.11. The highest BCUT2D eigenvalue weighted by molar-refractivity contribution is 6.35. The summed E-state index contributed by atoms with van der Waals surface area (Å²) >= 11 is 6.14. The number of benzene rings is 2. The SMILES string of the molecule is CN1C(=O)C(c2ccccc2)c2c([N+](=O)[O-])ccc(Cl)c21. The fourth-order valence-corrected chi connectivity index (χ4v) is 3.03. The number of amides is 1. The zero-order chi connectivity index (χ0) is 15.1. The van der Waals surface area contributed by atoms with Gasteiger partial charge in [-0.25, -0.2) is 0 Å². The molecule has 0 bridgehead atoms. The van der Waals surface area contributed by atoms with E-state index in [-0.39, 0.29) is 11.6 Å². The minimum atomic E-state index is -0.690. The van der Waals surface area contributed by atoms with Gasteiger partial charge in [0.15, 0.2) is 0 Å². The van der Waals surface area contributed by atoms with Crippen LogP contribution in [0, 0.1) is 10.1 Å². The fraction of sp³-hybridized carbons (Fsp3) is 0.133. The van der Waals surface area contributed by atoms with E-state index in [1.165, 1.54) is 17.0 Å². The Labute approximate surface area is 125 Å². The number of rotatable bonds is 2. The molecule has 0 N–H and O–H groups in total. The average Bonchev–Trinajstić information content (AvgIpc) is 2.73. The van der Waals surface area contributed by atoms with Crippen molar-refractivity contribution in [2.75, 3.05) is 11.9 Å². The van der Waals surface area contributed by atoms with Crippen molar-refractivity contribution in [3.05, 3.63) is 68.7 Å². The number of hydrogen-bond donors (Lipinski definition) is 0. The van der Waals surface area contributed by atoms with Crippen LogP contribution in [0.3, 0.4) is 0 Å². The maximum absolute atomic E-state index is 12.5. The Morgan fingerprint density at radius 2 is 1.86 bits per heavy atom. The van der Waals surface area contributed by atoms with Crippen LogP contribution in [0.4, 0.5) is 11.4 Å². The van der Waals surface area contributed by atoms with Crippen LogP contribution in [0.2, 0.25) is 5.02 Å². The average molecular weight is 303 g/mol. The predicted octanol–water partition coefficient (Wildman–Crippen LogP) is 3.36. The van der Waals surface area contributed by atoms with Crippen molar-refractivity contribution in [2.45, 2.75) is 5.92 Å². The molecule has 1 heterocycles. The molecule has 1 atom stereocenters. The molecule has 1 aliphatic rings. The minimum Gasteiger partial charge on any atom is -0.313 e. The lowest BCUT2D eigenvalue weighted by molar-refractivity contribution is -0.385. The van der Waals surface area contributed by atoms with E-state index >= 15 is 0 Å². The highest BCUT2D eigenvalue weighted by atomic mass is 35.5. The van der Waals surface area contributed by atoms with Gasteiger partial charge in [0.05, 0.1) is 27.1 Å². The van der Waals surface area contributed by atoms with E-state index in [0.29, 0.717) is 16.3 Å². The van der Waals surface area contributed by atoms with E-state index in [2.05, 4.69) is 0 Å². The first-order valence-corrected chi connectivity index (χ1v) is 6.69. The van der Waals surface area contributed by atoms with Gasteiger partial charge in [0, 0.05) is 13.1 Å². The smallest absolute Gasteiger partial charge is 0.275 e. The molecule has 1 aliphatic heterocycles. The van der Waals surface area contributed by atoms with Crippen LogP contribution in [0.5, 0.6) is 0 Å². The van der Waals surface area contributed by atoms with Gasteiger partial charge < -0.3 is 4.90 Å². The molecule has 106 valence electrons. The van der Waals surface area contributed by atoms with E-state index in [4.69, 9.17) is 11.6 Å².